The molecule has 2 N–H and O–H groups in total. The minimum absolute atomic E-state index is 0.00669. The molecule has 3 unspecified atom stereocenters. The second-order valence-electron chi connectivity index (χ2n) is 6.48. The van der Waals surface area contributed by atoms with Gasteiger partial charge in [0.15, 0.2) is 0 Å². The van der Waals surface area contributed by atoms with Crippen LogP contribution in [-0.2, 0) is 14.3 Å². The second-order valence-corrected chi connectivity index (χ2v) is 6.48. The van der Waals surface area contributed by atoms with Crippen LogP contribution in [0.4, 0.5) is 0 Å². The Kier molecular flexibility index (Phi) is 7.08. The van der Waals surface area contributed by atoms with Gasteiger partial charge < -0.3 is 24.8 Å². The Hall–Kier alpha value is -0.690. The lowest BCUT2D eigenvalue weighted by atomic mass is 9.98. The summed E-state index contributed by atoms with van der Waals surface area (Å²) in [6.45, 7) is 5.55. The highest BCUT2D eigenvalue weighted by atomic mass is 16.5. The van der Waals surface area contributed by atoms with Gasteiger partial charge in [-0.2, -0.15) is 0 Å². The number of ether oxygens (including phenoxy) is 2. The van der Waals surface area contributed by atoms with Crippen LogP contribution >= 0.6 is 0 Å². The maximum atomic E-state index is 12.2. The van der Waals surface area contributed by atoms with Crippen LogP contribution in [0, 0.1) is 5.92 Å². The molecule has 0 aromatic rings. The molecule has 0 aromatic carbocycles. The number of rotatable bonds is 7. The van der Waals surface area contributed by atoms with Crippen molar-refractivity contribution in [1.29, 1.82) is 0 Å². The zero-order valence-corrected chi connectivity index (χ0v) is 13.8. The maximum Gasteiger partial charge on any atom is 0.223 e. The molecular formula is C16H30N2O4. The molecule has 0 aromatic heterocycles. The molecule has 2 fully saturated rings. The van der Waals surface area contributed by atoms with Crippen molar-refractivity contribution in [3.05, 3.63) is 0 Å². The number of aliphatic hydroxyl groups is 1. The lowest BCUT2D eigenvalue weighted by Crippen LogP contribution is -2.48. The first-order chi connectivity index (χ1) is 10.6. The molecule has 0 bridgehead atoms. The molecule has 2 heterocycles. The van der Waals surface area contributed by atoms with Crippen LogP contribution in [0.2, 0.25) is 0 Å². The van der Waals surface area contributed by atoms with E-state index in [4.69, 9.17) is 9.47 Å². The maximum absolute atomic E-state index is 12.2. The summed E-state index contributed by atoms with van der Waals surface area (Å²) >= 11 is 0. The molecule has 6 nitrogen and oxygen atoms in total. The monoisotopic (exact) mass is 314 g/mol. The molecule has 6 heteroatoms. The number of carbonyl (C=O) groups is 1. The molecule has 1 amide bonds. The third-order valence-electron chi connectivity index (χ3n) is 4.59. The van der Waals surface area contributed by atoms with E-state index in [1.165, 1.54) is 0 Å². The van der Waals surface area contributed by atoms with Crippen LogP contribution in [0.15, 0.2) is 0 Å². The minimum atomic E-state index is -0.632. The summed E-state index contributed by atoms with van der Waals surface area (Å²) in [7, 11) is 2.04. The summed E-state index contributed by atoms with van der Waals surface area (Å²) in [6.07, 6.45) is 2.97. The van der Waals surface area contributed by atoms with Crippen LogP contribution in [0.3, 0.4) is 0 Å². The molecule has 0 spiro atoms. The topological polar surface area (TPSA) is 71.0 Å². The molecule has 2 aliphatic heterocycles. The van der Waals surface area contributed by atoms with E-state index in [0.717, 1.165) is 32.2 Å². The second kappa shape index (κ2) is 8.82. The van der Waals surface area contributed by atoms with Crippen molar-refractivity contribution in [3.63, 3.8) is 0 Å². The lowest BCUT2D eigenvalue weighted by Gasteiger charge is -2.25. The van der Waals surface area contributed by atoms with Gasteiger partial charge in [0, 0.05) is 25.7 Å². The number of nitrogens with one attached hydrogen (secondary N) is 1. The van der Waals surface area contributed by atoms with Crippen molar-refractivity contribution in [2.45, 2.75) is 50.9 Å². The summed E-state index contributed by atoms with van der Waals surface area (Å²) in [5, 5.41) is 13.3. The number of carbonyl (C=O) groups excluding carboxylic acids is 1. The number of amides is 1. The van der Waals surface area contributed by atoms with Gasteiger partial charge in [0.05, 0.1) is 18.8 Å². The van der Waals surface area contributed by atoms with E-state index >= 15 is 0 Å². The molecular weight excluding hydrogens is 284 g/mol. The summed E-state index contributed by atoms with van der Waals surface area (Å²) in [4.78, 5) is 14.4. The number of unbranched alkanes of at least 4 members (excludes halogenated alkanes) is 1. The first kappa shape index (κ1) is 17.7. The van der Waals surface area contributed by atoms with E-state index in [-0.39, 0.29) is 24.0 Å². The van der Waals surface area contributed by atoms with Gasteiger partial charge in [-0.3, -0.25) is 4.79 Å². The molecule has 128 valence electrons. The largest absolute Gasteiger partial charge is 0.388 e. The van der Waals surface area contributed by atoms with Gasteiger partial charge in [-0.25, -0.2) is 0 Å². The molecule has 0 aliphatic carbocycles. The van der Waals surface area contributed by atoms with E-state index in [0.29, 0.717) is 26.4 Å². The number of aliphatic hydroxyl groups excluding tert-OH is 1. The fourth-order valence-electron chi connectivity index (χ4n) is 3.06. The first-order valence-electron chi connectivity index (χ1n) is 8.48. The third-order valence-corrected chi connectivity index (χ3v) is 4.59. The van der Waals surface area contributed by atoms with Crippen molar-refractivity contribution in [2.75, 3.05) is 40.0 Å². The fourth-order valence-corrected chi connectivity index (χ4v) is 3.06. The Morgan fingerprint density at radius 2 is 2.09 bits per heavy atom. The van der Waals surface area contributed by atoms with Crippen LogP contribution in [0.25, 0.3) is 0 Å². The summed E-state index contributed by atoms with van der Waals surface area (Å²) < 4.78 is 11.0. The lowest BCUT2D eigenvalue weighted by molar-refractivity contribution is -0.129. The highest BCUT2D eigenvalue weighted by molar-refractivity contribution is 5.79. The predicted octanol–water partition coefficient (Wildman–Crippen LogP) is 0.389. The fraction of sp³-hybridized carbons (Fsp3) is 0.938. The summed E-state index contributed by atoms with van der Waals surface area (Å²) in [5.74, 6) is 0.0307. The average molecular weight is 314 g/mol. The molecule has 2 rings (SSSR count). The Bertz CT molecular complexity index is 347. The van der Waals surface area contributed by atoms with Gasteiger partial charge in [-0.1, -0.05) is 13.3 Å². The normalized spacial score (nSPS) is 29.9. The van der Waals surface area contributed by atoms with Gasteiger partial charge in [0.25, 0.3) is 0 Å². The number of hydrogen-bond acceptors (Lipinski definition) is 5. The Morgan fingerprint density at radius 1 is 1.36 bits per heavy atom. The average Bonchev–Trinajstić information content (AvgIpc) is 2.87. The Morgan fingerprint density at radius 3 is 2.77 bits per heavy atom. The van der Waals surface area contributed by atoms with Gasteiger partial charge in [0.1, 0.15) is 6.10 Å². The molecule has 0 radical (unpaired) electrons. The van der Waals surface area contributed by atoms with Crippen LogP contribution in [0.5, 0.6) is 0 Å². The van der Waals surface area contributed by atoms with E-state index in [1.54, 1.807) is 0 Å². The van der Waals surface area contributed by atoms with Crippen molar-refractivity contribution in [3.8, 4) is 0 Å². The minimum Gasteiger partial charge on any atom is -0.388 e. The molecule has 3 atom stereocenters. The highest BCUT2D eigenvalue weighted by Gasteiger charge is 2.38. The van der Waals surface area contributed by atoms with Crippen molar-refractivity contribution in [2.24, 2.45) is 5.92 Å². The van der Waals surface area contributed by atoms with Crippen molar-refractivity contribution >= 4 is 5.91 Å². The number of nitrogens with zero attached hydrogens (tertiary/aromatic N) is 1. The molecule has 0 saturated carbocycles. The first-order valence-corrected chi connectivity index (χ1v) is 8.48. The summed E-state index contributed by atoms with van der Waals surface area (Å²) in [6, 6.07) is -0.292. The molecule has 2 aliphatic rings. The Labute approximate surface area is 133 Å². The van der Waals surface area contributed by atoms with Gasteiger partial charge in [0.2, 0.25) is 5.91 Å². The van der Waals surface area contributed by atoms with Gasteiger partial charge in [-0.05, 0) is 32.9 Å². The van der Waals surface area contributed by atoms with E-state index in [1.807, 2.05) is 7.05 Å². The van der Waals surface area contributed by atoms with Crippen LogP contribution in [0.1, 0.15) is 32.6 Å². The van der Waals surface area contributed by atoms with E-state index in [2.05, 4.69) is 17.1 Å². The van der Waals surface area contributed by atoms with Crippen molar-refractivity contribution < 1.29 is 19.4 Å². The van der Waals surface area contributed by atoms with Crippen LogP contribution < -0.4 is 5.32 Å². The standard InChI is InChI=1S/C16H30N2O4/c1-3-4-7-18(2)10-14-15(19)13(11-22-14)17-16(20)12-5-8-21-9-6-12/h12-15,19H,3-11H2,1-2H3,(H,17,20). The zero-order valence-electron chi connectivity index (χ0n) is 13.8. The highest BCUT2D eigenvalue weighted by Crippen LogP contribution is 2.19. The van der Waals surface area contributed by atoms with Crippen molar-refractivity contribution in [1.82, 2.24) is 10.2 Å². The summed E-state index contributed by atoms with van der Waals surface area (Å²) in [5.41, 5.74) is 0. The van der Waals surface area contributed by atoms with E-state index in [9.17, 15) is 9.90 Å². The molecule has 2 saturated heterocycles. The van der Waals surface area contributed by atoms with E-state index < -0.39 is 6.10 Å². The quantitative estimate of drug-likeness (QED) is 0.711. The zero-order chi connectivity index (χ0) is 15.9. The third kappa shape index (κ3) is 4.91. The number of hydrogen-bond donors (Lipinski definition) is 2. The Balaban J connectivity index is 1.75. The SMILES string of the molecule is CCCCN(C)CC1OCC(NC(=O)C2CCOCC2)C1O. The smallest absolute Gasteiger partial charge is 0.223 e. The number of likely N-dealkylation sites (N-methyl/N-ethyl adjacent to an activating group) is 1. The van der Waals surface area contributed by atoms with Crippen LogP contribution in [-0.4, -0.2) is 74.1 Å². The van der Waals surface area contributed by atoms with Gasteiger partial charge in [-0.15, -0.1) is 0 Å². The van der Waals surface area contributed by atoms with Gasteiger partial charge >= 0.3 is 0 Å². The predicted molar refractivity (Wildman–Crippen MR) is 83.6 cm³/mol. The molecule has 22 heavy (non-hydrogen) atoms.